The van der Waals surface area contributed by atoms with Crippen LogP contribution < -0.4 is 9.47 Å². The summed E-state index contributed by atoms with van der Waals surface area (Å²) in [6.07, 6.45) is 1.68. The highest BCUT2D eigenvalue weighted by Crippen LogP contribution is 2.29. The van der Waals surface area contributed by atoms with E-state index in [0.717, 1.165) is 17.9 Å². The van der Waals surface area contributed by atoms with Gasteiger partial charge in [0.05, 0.1) is 31.8 Å². The lowest BCUT2D eigenvalue weighted by Gasteiger charge is -2.24. The number of imidazole rings is 1. The molecule has 1 aromatic heterocycles. The molecule has 1 heterocycles. The number of H-pyrrole nitrogens is 1. The molecule has 7 heteroatoms. The van der Waals surface area contributed by atoms with Crippen LogP contribution >= 0.6 is 0 Å². The highest BCUT2D eigenvalue weighted by Gasteiger charge is 2.20. The molecule has 0 saturated heterocycles. The molecule has 0 radical (unpaired) electrons. The first-order valence-electron chi connectivity index (χ1n) is 9.09. The summed E-state index contributed by atoms with van der Waals surface area (Å²) in [6, 6.07) is 5.30. The number of nitrogens with one attached hydrogen (secondary N) is 1. The molecule has 0 spiro atoms. The Kier molecular flexibility index (Phi) is 7.24. The minimum Gasteiger partial charge on any atom is -0.493 e. The molecule has 27 heavy (non-hydrogen) atoms. The molecule has 0 atom stereocenters. The zero-order valence-corrected chi connectivity index (χ0v) is 17.1. The van der Waals surface area contributed by atoms with Crippen LogP contribution in [0.2, 0.25) is 0 Å². The fourth-order valence-electron chi connectivity index (χ4n) is 2.63. The number of ether oxygens (including phenoxy) is 2. The SMILES string of the molecule is COc1cc(C(=O)N(CCN(C)C)Cc2nc[nH]c2C)ccc1OC(C)C. The predicted molar refractivity (Wildman–Crippen MR) is 105 cm³/mol. The smallest absolute Gasteiger partial charge is 0.254 e. The molecule has 1 N–H and O–H groups in total. The number of hydrogen-bond donors (Lipinski definition) is 1. The van der Waals surface area contributed by atoms with Crippen molar-refractivity contribution in [1.29, 1.82) is 0 Å². The molecular weight excluding hydrogens is 344 g/mol. The molecule has 2 rings (SSSR count). The van der Waals surface area contributed by atoms with Crippen LogP contribution in [-0.2, 0) is 6.54 Å². The number of methoxy groups -OCH3 is 1. The average molecular weight is 374 g/mol. The minimum absolute atomic E-state index is 0.0275. The van der Waals surface area contributed by atoms with E-state index < -0.39 is 0 Å². The van der Waals surface area contributed by atoms with Gasteiger partial charge in [-0.2, -0.15) is 0 Å². The second kappa shape index (κ2) is 9.41. The van der Waals surface area contributed by atoms with Gasteiger partial charge in [0.15, 0.2) is 11.5 Å². The van der Waals surface area contributed by atoms with Gasteiger partial charge in [0, 0.05) is 24.3 Å². The number of aromatic nitrogens is 2. The summed E-state index contributed by atoms with van der Waals surface area (Å²) >= 11 is 0. The van der Waals surface area contributed by atoms with Crippen molar-refractivity contribution >= 4 is 5.91 Å². The van der Waals surface area contributed by atoms with Crippen molar-refractivity contribution in [3.63, 3.8) is 0 Å². The largest absolute Gasteiger partial charge is 0.493 e. The van der Waals surface area contributed by atoms with Gasteiger partial charge in [-0.05, 0) is 53.1 Å². The summed E-state index contributed by atoms with van der Waals surface area (Å²) in [7, 11) is 5.56. The quantitative estimate of drug-likeness (QED) is 0.731. The van der Waals surface area contributed by atoms with Crippen molar-refractivity contribution in [2.24, 2.45) is 0 Å². The van der Waals surface area contributed by atoms with Crippen LogP contribution in [0, 0.1) is 6.92 Å². The lowest BCUT2D eigenvalue weighted by Crippen LogP contribution is -2.36. The number of carbonyl (C=O) groups is 1. The Morgan fingerprint density at radius 2 is 1.96 bits per heavy atom. The number of rotatable bonds is 9. The summed E-state index contributed by atoms with van der Waals surface area (Å²) in [5.74, 6) is 1.12. The molecule has 0 aliphatic rings. The number of hydrogen-bond acceptors (Lipinski definition) is 5. The van der Waals surface area contributed by atoms with E-state index in [4.69, 9.17) is 9.47 Å². The summed E-state index contributed by atoms with van der Waals surface area (Å²) in [6.45, 7) is 7.68. The van der Waals surface area contributed by atoms with Gasteiger partial charge in [0.1, 0.15) is 0 Å². The fraction of sp³-hybridized carbons (Fsp3) is 0.500. The Balaban J connectivity index is 2.26. The zero-order chi connectivity index (χ0) is 20.0. The first-order valence-corrected chi connectivity index (χ1v) is 9.09. The van der Waals surface area contributed by atoms with E-state index in [1.54, 1.807) is 36.5 Å². The van der Waals surface area contributed by atoms with Crippen molar-refractivity contribution in [2.75, 3.05) is 34.3 Å². The lowest BCUT2D eigenvalue weighted by atomic mass is 10.1. The maximum atomic E-state index is 13.2. The molecule has 1 aromatic carbocycles. The van der Waals surface area contributed by atoms with Crippen LogP contribution in [0.5, 0.6) is 11.5 Å². The molecule has 1 amide bonds. The maximum Gasteiger partial charge on any atom is 0.254 e. The lowest BCUT2D eigenvalue weighted by molar-refractivity contribution is 0.0729. The number of carbonyl (C=O) groups excluding carboxylic acids is 1. The number of aromatic amines is 1. The van der Waals surface area contributed by atoms with Crippen molar-refractivity contribution in [3.05, 3.63) is 41.5 Å². The second-order valence-electron chi connectivity index (χ2n) is 7.04. The van der Waals surface area contributed by atoms with Crippen LogP contribution in [0.15, 0.2) is 24.5 Å². The van der Waals surface area contributed by atoms with E-state index in [0.29, 0.717) is 30.2 Å². The highest BCUT2D eigenvalue weighted by molar-refractivity contribution is 5.95. The topological polar surface area (TPSA) is 70.7 Å². The van der Waals surface area contributed by atoms with E-state index in [2.05, 4.69) is 14.9 Å². The van der Waals surface area contributed by atoms with Gasteiger partial charge < -0.3 is 24.3 Å². The van der Waals surface area contributed by atoms with Gasteiger partial charge in [0.2, 0.25) is 0 Å². The van der Waals surface area contributed by atoms with E-state index in [9.17, 15) is 4.79 Å². The Morgan fingerprint density at radius 1 is 1.22 bits per heavy atom. The van der Waals surface area contributed by atoms with E-state index >= 15 is 0 Å². The van der Waals surface area contributed by atoms with Crippen molar-refractivity contribution in [3.8, 4) is 11.5 Å². The summed E-state index contributed by atoms with van der Waals surface area (Å²) in [5.41, 5.74) is 2.40. The van der Waals surface area contributed by atoms with Crippen LogP contribution in [0.1, 0.15) is 35.6 Å². The molecular formula is C20H30N4O3. The predicted octanol–water partition coefficient (Wildman–Crippen LogP) is 2.72. The summed E-state index contributed by atoms with van der Waals surface area (Å²) in [5, 5.41) is 0. The minimum atomic E-state index is -0.0614. The Morgan fingerprint density at radius 3 is 2.52 bits per heavy atom. The number of amides is 1. The molecule has 0 aliphatic heterocycles. The van der Waals surface area contributed by atoms with Gasteiger partial charge in [-0.1, -0.05) is 0 Å². The molecule has 7 nitrogen and oxygen atoms in total. The summed E-state index contributed by atoms with van der Waals surface area (Å²) in [4.78, 5) is 24.4. The van der Waals surface area contributed by atoms with Gasteiger partial charge in [-0.3, -0.25) is 4.79 Å². The molecule has 0 unspecified atom stereocenters. The van der Waals surface area contributed by atoms with Crippen LogP contribution in [0.4, 0.5) is 0 Å². The molecule has 0 aliphatic carbocycles. The normalized spacial score (nSPS) is 11.1. The fourth-order valence-corrected chi connectivity index (χ4v) is 2.63. The third-order valence-electron chi connectivity index (χ3n) is 4.15. The number of aryl methyl sites for hydroxylation is 1. The van der Waals surface area contributed by atoms with Gasteiger partial charge in [-0.15, -0.1) is 0 Å². The molecule has 148 valence electrons. The zero-order valence-electron chi connectivity index (χ0n) is 17.1. The first-order chi connectivity index (χ1) is 12.8. The first kappa shape index (κ1) is 20.8. The number of nitrogens with zero attached hydrogens (tertiary/aromatic N) is 3. The molecule has 0 bridgehead atoms. The second-order valence-corrected chi connectivity index (χ2v) is 7.04. The molecule has 2 aromatic rings. The average Bonchev–Trinajstić information content (AvgIpc) is 3.02. The van der Waals surface area contributed by atoms with Crippen LogP contribution in [-0.4, -0.2) is 66.1 Å². The van der Waals surface area contributed by atoms with Crippen molar-refractivity contribution in [1.82, 2.24) is 19.8 Å². The summed E-state index contributed by atoms with van der Waals surface area (Å²) < 4.78 is 11.2. The van der Waals surface area contributed by atoms with E-state index in [-0.39, 0.29) is 12.0 Å². The van der Waals surface area contributed by atoms with Crippen molar-refractivity contribution in [2.45, 2.75) is 33.4 Å². The number of likely N-dealkylation sites (N-methyl/N-ethyl adjacent to an activating group) is 1. The van der Waals surface area contributed by atoms with E-state index in [1.165, 1.54) is 0 Å². The van der Waals surface area contributed by atoms with Crippen molar-refractivity contribution < 1.29 is 14.3 Å². The third-order valence-corrected chi connectivity index (χ3v) is 4.15. The van der Waals surface area contributed by atoms with Gasteiger partial charge in [-0.25, -0.2) is 4.98 Å². The van der Waals surface area contributed by atoms with Crippen LogP contribution in [0.3, 0.4) is 0 Å². The Hall–Kier alpha value is -2.54. The Bertz CT molecular complexity index is 755. The van der Waals surface area contributed by atoms with E-state index in [1.807, 2.05) is 34.9 Å². The monoisotopic (exact) mass is 374 g/mol. The van der Waals surface area contributed by atoms with Gasteiger partial charge >= 0.3 is 0 Å². The number of benzene rings is 1. The molecule has 0 fully saturated rings. The Labute approximate surface area is 161 Å². The highest BCUT2D eigenvalue weighted by atomic mass is 16.5. The van der Waals surface area contributed by atoms with Gasteiger partial charge in [0.25, 0.3) is 5.91 Å². The standard InChI is InChI=1S/C20H30N4O3/c1-14(2)27-18-8-7-16(11-19(18)26-6)20(25)24(10-9-23(4)5)12-17-15(3)21-13-22-17/h7-8,11,13-14H,9-10,12H2,1-6H3,(H,21,22). The molecule has 0 saturated carbocycles. The third kappa shape index (κ3) is 5.72. The maximum absolute atomic E-state index is 13.2. The van der Waals surface area contributed by atoms with Crippen LogP contribution in [0.25, 0.3) is 0 Å².